The maximum Gasteiger partial charge on any atom is 0.291 e. The number of carbonyl (C=O) groups is 2. The summed E-state index contributed by atoms with van der Waals surface area (Å²) in [6.45, 7) is 3.87. The molecule has 2 amide bonds. The van der Waals surface area contributed by atoms with Crippen LogP contribution in [0.1, 0.15) is 32.0 Å². The summed E-state index contributed by atoms with van der Waals surface area (Å²) in [5.74, 6) is -0.369. The van der Waals surface area contributed by atoms with Gasteiger partial charge >= 0.3 is 0 Å². The molecule has 28 heavy (non-hydrogen) atoms. The van der Waals surface area contributed by atoms with Crippen molar-refractivity contribution in [1.82, 2.24) is 5.32 Å². The van der Waals surface area contributed by atoms with Crippen LogP contribution in [-0.2, 0) is 0 Å². The Morgan fingerprint density at radius 1 is 0.857 bits per heavy atom. The zero-order valence-electron chi connectivity index (χ0n) is 15.4. The Morgan fingerprint density at radius 2 is 1.46 bits per heavy atom. The third-order valence-electron chi connectivity index (χ3n) is 3.86. The van der Waals surface area contributed by atoms with Crippen LogP contribution in [0.25, 0.3) is 0 Å². The van der Waals surface area contributed by atoms with Crippen molar-refractivity contribution in [1.29, 1.82) is 0 Å². The standard InChI is InChI=1S/C21H19N3O3S/c1-13-10-14(2)12-15(11-13)19(25)24-21(28)23-17-7-5-16(6-8-17)22-20(26)18-4-3-9-27-18/h3-12H,1-2H3,(H,22,26)(H2,23,24,25,28). The molecule has 142 valence electrons. The molecule has 3 N–H and O–H groups in total. The molecule has 0 fully saturated rings. The maximum absolute atomic E-state index is 12.3. The number of benzene rings is 2. The predicted molar refractivity (Wildman–Crippen MR) is 113 cm³/mol. The first-order valence-electron chi connectivity index (χ1n) is 8.56. The van der Waals surface area contributed by atoms with Crippen LogP contribution in [0.15, 0.2) is 65.3 Å². The van der Waals surface area contributed by atoms with Gasteiger partial charge in [0.25, 0.3) is 11.8 Å². The van der Waals surface area contributed by atoms with Crippen molar-refractivity contribution in [2.75, 3.05) is 10.6 Å². The number of nitrogens with one attached hydrogen (secondary N) is 3. The lowest BCUT2D eigenvalue weighted by atomic mass is 10.1. The van der Waals surface area contributed by atoms with Crippen LogP contribution in [0, 0.1) is 13.8 Å². The minimum Gasteiger partial charge on any atom is -0.459 e. The van der Waals surface area contributed by atoms with Gasteiger partial charge in [-0.3, -0.25) is 14.9 Å². The highest BCUT2D eigenvalue weighted by molar-refractivity contribution is 7.80. The molecule has 6 nitrogen and oxygen atoms in total. The third-order valence-corrected chi connectivity index (χ3v) is 4.06. The molecule has 0 atom stereocenters. The molecule has 1 heterocycles. The Balaban J connectivity index is 1.56. The van der Waals surface area contributed by atoms with Gasteiger partial charge in [-0.15, -0.1) is 0 Å². The quantitative estimate of drug-likeness (QED) is 0.577. The lowest BCUT2D eigenvalue weighted by Crippen LogP contribution is -2.34. The zero-order valence-corrected chi connectivity index (χ0v) is 16.2. The van der Waals surface area contributed by atoms with Crippen LogP contribution >= 0.6 is 12.2 Å². The van der Waals surface area contributed by atoms with E-state index in [4.69, 9.17) is 16.6 Å². The molecule has 0 unspecified atom stereocenters. The first-order chi connectivity index (χ1) is 13.4. The maximum atomic E-state index is 12.3. The molecule has 0 spiro atoms. The molecule has 0 saturated heterocycles. The minimum absolute atomic E-state index is 0.191. The largest absolute Gasteiger partial charge is 0.459 e. The number of thiocarbonyl (C=S) groups is 1. The van der Waals surface area contributed by atoms with E-state index in [0.717, 1.165) is 11.1 Å². The summed E-state index contributed by atoms with van der Waals surface area (Å²) >= 11 is 5.21. The fourth-order valence-corrected chi connectivity index (χ4v) is 2.89. The van der Waals surface area contributed by atoms with Crippen molar-refractivity contribution in [2.45, 2.75) is 13.8 Å². The van der Waals surface area contributed by atoms with Crippen molar-refractivity contribution < 1.29 is 14.0 Å². The number of carbonyl (C=O) groups excluding carboxylic acids is 2. The second-order valence-corrected chi connectivity index (χ2v) is 6.70. The summed E-state index contributed by atoms with van der Waals surface area (Å²) < 4.78 is 5.05. The first kappa shape index (κ1) is 19.3. The van der Waals surface area contributed by atoms with Gasteiger partial charge in [0.05, 0.1) is 6.26 Å². The minimum atomic E-state index is -0.332. The Labute approximate surface area is 167 Å². The molecular weight excluding hydrogens is 374 g/mol. The van der Waals surface area contributed by atoms with Gasteiger partial charge in [-0.2, -0.15) is 0 Å². The molecule has 2 aromatic carbocycles. The summed E-state index contributed by atoms with van der Waals surface area (Å²) in [5, 5.41) is 8.53. The van der Waals surface area contributed by atoms with Gasteiger partial charge in [0.2, 0.25) is 0 Å². The van der Waals surface area contributed by atoms with E-state index in [0.29, 0.717) is 16.9 Å². The normalized spacial score (nSPS) is 10.2. The van der Waals surface area contributed by atoms with Crippen LogP contribution in [0.5, 0.6) is 0 Å². The van der Waals surface area contributed by atoms with Crippen molar-refractivity contribution in [3.8, 4) is 0 Å². The number of anilines is 2. The topological polar surface area (TPSA) is 83.4 Å². The summed E-state index contributed by atoms with van der Waals surface area (Å²) in [7, 11) is 0. The summed E-state index contributed by atoms with van der Waals surface area (Å²) in [6.07, 6.45) is 1.44. The van der Waals surface area contributed by atoms with Gasteiger partial charge in [0.1, 0.15) is 0 Å². The SMILES string of the molecule is Cc1cc(C)cc(C(=O)NC(=S)Nc2ccc(NC(=O)c3ccco3)cc2)c1. The highest BCUT2D eigenvalue weighted by Crippen LogP contribution is 2.15. The van der Waals surface area contributed by atoms with E-state index in [9.17, 15) is 9.59 Å². The smallest absolute Gasteiger partial charge is 0.291 e. The zero-order chi connectivity index (χ0) is 20.1. The second kappa shape index (κ2) is 8.49. The molecule has 3 aromatic rings. The van der Waals surface area contributed by atoms with E-state index in [-0.39, 0.29) is 22.7 Å². The second-order valence-electron chi connectivity index (χ2n) is 6.29. The van der Waals surface area contributed by atoms with Gasteiger partial charge in [0, 0.05) is 16.9 Å². The average Bonchev–Trinajstić information content (AvgIpc) is 3.17. The molecule has 0 aliphatic heterocycles. The van der Waals surface area contributed by atoms with E-state index in [1.807, 2.05) is 19.9 Å². The van der Waals surface area contributed by atoms with Crippen LogP contribution in [0.2, 0.25) is 0 Å². The summed E-state index contributed by atoms with van der Waals surface area (Å²) in [5.41, 5.74) is 3.86. The molecule has 7 heteroatoms. The molecule has 0 radical (unpaired) electrons. The number of aryl methyl sites for hydroxylation is 2. The van der Waals surface area contributed by atoms with Gasteiger partial charge in [0.15, 0.2) is 10.9 Å². The van der Waals surface area contributed by atoms with Crippen molar-refractivity contribution in [2.24, 2.45) is 0 Å². The Morgan fingerprint density at radius 3 is 2.04 bits per heavy atom. The van der Waals surface area contributed by atoms with E-state index in [1.54, 1.807) is 48.5 Å². The highest BCUT2D eigenvalue weighted by Gasteiger charge is 2.10. The monoisotopic (exact) mass is 393 g/mol. The number of amides is 2. The van der Waals surface area contributed by atoms with E-state index in [1.165, 1.54) is 6.26 Å². The van der Waals surface area contributed by atoms with Gasteiger partial charge < -0.3 is 15.1 Å². The Kier molecular flexibility index (Phi) is 5.86. The molecular formula is C21H19N3O3S. The van der Waals surface area contributed by atoms with Crippen LogP contribution < -0.4 is 16.0 Å². The van der Waals surface area contributed by atoms with Gasteiger partial charge in [-0.1, -0.05) is 17.2 Å². The molecule has 0 aliphatic carbocycles. The number of hydrogen-bond acceptors (Lipinski definition) is 4. The number of rotatable bonds is 4. The van der Waals surface area contributed by atoms with Crippen molar-refractivity contribution in [3.05, 3.63) is 83.3 Å². The van der Waals surface area contributed by atoms with Crippen LogP contribution in [0.4, 0.5) is 11.4 Å². The number of furan rings is 1. The molecule has 3 rings (SSSR count). The summed E-state index contributed by atoms with van der Waals surface area (Å²) in [6, 6.07) is 15.8. The lowest BCUT2D eigenvalue weighted by molar-refractivity contribution is 0.0974. The predicted octanol–water partition coefficient (Wildman–Crippen LogP) is 4.28. The van der Waals surface area contributed by atoms with E-state index < -0.39 is 0 Å². The number of hydrogen-bond donors (Lipinski definition) is 3. The fourth-order valence-electron chi connectivity index (χ4n) is 2.68. The van der Waals surface area contributed by atoms with Crippen LogP contribution in [-0.4, -0.2) is 16.9 Å². The molecule has 1 aromatic heterocycles. The fraction of sp³-hybridized carbons (Fsp3) is 0.0952. The molecule has 0 aliphatic rings. The highest BCUT2D eigenvalue weighted by atomic mass is 32.1. The van der Waals surface area contributed by atoms with Gasteiger partial charge in [-0.05, 0) is 74.6 Å². The van der Waals surface area contributed by atoms with Crippen molar-refractivity contribution in [3.63, 3.8) is 0 Å². The first-order valence-corrected chi connectivity index (χ1v) is 8.97. The Hall–Kier alpha value is -3.45. The summed E-state index contributed by atoms with van der Waals surface area (Å²) in [4.78, 5) is 24.3. The Bertz CT molecular complexity index is 992. The third kappa shape index (κ3) is 5.05. The van der Waals surface area contributed by atoms with E-state index >= 15 is 0 Å². The van der Waals surface area contributed by atoms with Crippen molar-refractivity contribution >= 4 is 40.5 Å². The lowest BCUT2D eigenvalue weighted by Gasteiger charge is -2.11. The molecule has 0 saturated carbocycles. The van der Waals surface area contributed by atoms with Crippen LogP contribution in [0.3, 0.4) is 0 Å². The average molecular weight is 393 g/mol. The van der Waals surface area contributed by atoms with Gasteiger partial charge in [-0.25, -0.2) is 0 Å². The van der Waals surface area contributed by atoms with E-state index in [2.05, 4.69) is 16.0 Å². The molecule has 0 bridgehead atoms.